The fourth-order valence-corrected chi connectivity index (χ4v) is 4.15. The summed E-state index contributed by atoms with van der Waals surface area (Å²) in [6.45, 7) is 0.549. The van der Waals surface area contributed by atoms with Crippen molar-refractivity contribution in [1.82, 2.24) is 4.98 Å². The number of aromatic amines is 1. The number of aromatic nitrogens is 1. The Morgan fingerprint density at radius 1 is 1.15 bits per heavy atom. The molecule has 3 rings (SSSR count). The Hall–Kier alpha value is -1.63. The van der Waals surface area contributed by atoms with Crippen LogP contribution in [-0.4, -0.2) is 17.8 Å². The maximum atomic E-state index is 13.6. The normalized spacial score (nSPS) is 12.1. The number of thioether (sulfide) groups is 1. The van der Waals surface area contributed by atoms with E-state index in [9.17, 15) is 13.2 Å². The van der Waals surface area contributed by atoms with Crippen LogP contribution in [0.4, 0.5) is 13.2 Å². The predicted octanol–water partition coefficient (Wildman–Crippen LogP) is 6.51. The lowest BCUT2D eigenvalue weighted by atomic mass is 9.99. The van der Waals surface area contributed by atoms with Crippen molar-refractivity contribution < 1.29 is 13.2 Å². The van der Waals surface area contributed by atoms with Gasteiger partial charge in [0.05, 0.1) is 16.8 Å². The molecule has 0 saturated heterocycles. The van der Waals surface area contributed by atoms with Crippen LogP contribution < -0.4 is 5.73 Å². The van der Waals surface area contributed by atoms with E-state index in [4.69, 9.17) is 17.3 Å². The highest BCUT2D eigenvalue weighted by atomic mass is 35.5. The van der Waals surface area contributed by atoms with Crippen LogP contribution >= 0.6 is 23.4 Å². The zero-order valence-corrected chi connectivity index (χ0v) is 16.4. The summed E-state index contributed by atoms with van der Waals surface area (Å²) in [5.41, 5.74) is 7.42. The van der Waals surface area contributed by atoms with E-state index in [0.29, 0.717) is 18.4 Å². The Labute approximate surface area is 165 Å². The maximum absolute atomic E-state index is 13.6. The third kappa shape index (κ3) is 4.13. The van der Waals surface area contributed by atoms with Gasteiger partial charge in [-0.1, -0.05) is 29.8 Å². The second kappa shape index (κ2) is 8.17. The first-order valence-electron chi connectivity index (χ1n) is 8.61. The number of aryl methyl sites for hydroxylation is 1. The molecule has 0 fully saturated rings. The summed E-state index contributed by atoms with van der Waals surface area (Å²) in [7, 11) is 0. The summed E-state index contributed by atoms with van der Waals surface area (Å²) in [4.78, 5) is 4.06. The number of unbranched alkanes of at least 4 members (excludes halogenated alkanes) is 1. The monoisotopic (exact) mass is 412 g/mol. The average Bonchev–Trinajstić information content (AvgIpc) is 2.98. The number of nitrogens with one attached hydrogen (secondary N) is 1. The first-order valence-corrected chi connectivity index (χ1v) is 10.2. The number of rotatable bonds is 6. The van der Waals surface area contributed by atoms with E-state index >= 15 is 0 Å². The van der Waals surface area contributed by atoms with Crippen molar-refractivity contribution in [2.75, 3.05) is 12.8 Å². The second-order valence-electron chi connectivity index (χ2n) is 6.30. The van der Waals surface area contributed by atoms with E-state index in [1.165, 1.54) is 0 Å². The quantitative estimate of drug-likeness (QED) is 0.358. The minimum atomic E-state index is -4.49. The molecule has 0 bridgehead atoms. The van der Waals surface area contributed by atoms with Gasteiger partial charge >= 0.3 is 6.18 Å². The molecule has 0 amide bonds. The van der Waals surface area contributed by atoms with Gasteiger partial charge in [0.2, 0.25) is 0 Å². The summed E-state index contributed by atoms with van der Waals surface area (Å²) in [5.74, 6) is 0. The standard InChI is InChI=1S/C20H20ClF3N2S/c1-27-17-8-3-2-7-14(17)18-13(6-4-5-9-25)15-10-12(21)11-16(19(15)26-18)20(22,23)24/h2-3,7-8,10-11,26H,4-6,9,25H2,1H3. The van der Waals surface area contributed by atoms with Gasteiger partial charge in [-0.3, -0.25) is 0 Å². The fraction of sp³-hybridized carbons (Fsp3) is 0.300. The highest BCUT2D eigenvalue weighted by molar-refractivity contribution is 7.98. The molecule has 0 radical (unpaired) electrons. The van der Waals surface area contributed by atoms with E-state index in [1.807, 2.05) is 30.5 Å². The van der Waals surface area contributed by atoms with Crippen molar-refractivity contribution in [2.24, 2.45) is 5.73 Å². The van der Waals surface area contributed by atoms with E-state index in [0.717, 1.165) is 40.6 Å². The van der Waals surface area contributed by atoms with Gasteiger partial charge in [0, 0.05) is 20.9 Å². The van der Waals surface area contributed by atoms with Crippen molar-refractivity contribution in [1.29, 1.82) is 0 Å². The molecule has 1 aromatic heterocycles. The van der Waals surface area contributed by atoms with Gasteiger partial charge < -0.3 is 10.7 Å². The van der Waals surface area contributed by atoms with Gasteiger partial charge in [-0.05, 0) is 55.8 Å². The van der Waals surface area contributed by atoms with Crippen molar-refractivity contribution in [3.8, 4) is 11.3 Å². The van der Waals surface area contributed by atoms with Gasteiger partial charge in [-0.2, -0.15) is 13.2 Å². The van der Waals surface area contributed by atoms with Crippen molar-refractivity contribution >= 4 is 34.3 Å². The largest absolute Gasteiger partial charge is 0.418 e. The van der Waals surface area contributed by atoms with Crippen LogP contribution in [0.3, 0.4) is 0 Å². The molecule has 2 aromatic carbocycles. The Bertz CT molecular complexity index is 950. The van der Waals surface area contributed by atoms with Crippen molar-refractivity contribution in [2.45, 2.75) is 30.3 Å². The third-order valence-corrected chi connectivity index (χ3v) is 5.56. The van der Waals surface area contributed by atoms with Crippen LogP contribution in [0, 0.1) is 0 Å². The number of halogens is 4. The molecule has 0 unspecified atom stereocenters. The third-order valence-electron chi connectivity index (χ3n) is 4.54. The lowest BCUT2D eigenvalue weighted by molar-refractivity contribution is -0.136. The molecule has 0 aliphatic rings. The lowest BCUT2D eigenvalue weighted by Crippen LogP contribution is -2.05. The highest BCUT2D eigenvalue weighted by Gasteiger charge is 2.34. The molecule has 3 aromatic rings. The van der Waals surface area contributed by atoms with Crippen molar-refractivity contribution in [3.05, 3.63) is 52.5 Å². The van der Waals surface area contributed by atoms with Gasteiger partial charge in [0.1, 0.15) is 0 Å². The molecule has 2 nitrogen and oxygen atoms in total. The van der Waals surface area contributed by atoms with Gasteiger partial charge in [0.15, 0.2) is 0 Å². The molecule has 144 valence electrons. The van der Waals surface area contributed by atoms with E-state index in [1.54, 1.807) is 17.8 Å². The predicted molar refractivity (Wildman–Crippen MR) is 108 cm³/mol. The maximum Gasteiger partial charge on any atom is 0.418 e. The lowest BCUT2D eigenvalue weighted by Gasteiger charge is -2.09. The molecular weight excluding hydrogens is 393 g/mol. The number of fused-ring (bicyclic) bond motifs is 1. The number of alkyl halides is 3. The van der Waals surface area contributed by atoms with Crippen LogP contribution in [0.15, 0.2) is 41.3 Å². The molecule has 0 aliphatic heterocycles. The molecule has 0 atom stereocenters. The number of H-pyrrole nitrogens is 1. The Kier molecular flexibility index (Phi) is 6.08. The Morgan fingerprint density at radius 3 is 2.56 bits per heavy atom. The van der Waals surface area contributed by atoms with Crippen LogP contribution in [0.1, 0.15) is 24.0 Å². The van der Waals surface area contributed by atoms with Crippen LogP contribution in [0.5, 0.6) is 0 Å². The van der Waals surface area contributed by atoms with Crippen LogP contribution in [-0.2, 0) is 12.6 Å². The molecule has 1 heterocycles. The van der Waals surface area contributed by atoms with E-state index in [-0.39, 0.29) is 10.5 Å². The highest BCUT2D eigenvalue weighted by Crippen LogP contribution is 2.42. The zero-order valence-electron chi connectivity index (χ0n) is 14.8. The van der Waals surface area contributed by atoms with Crippen molar-refractivity contribution in [3.63, 3.8) is 0 Å². The minimum absolute atomic E-state index is 0.0820. The van der Waals surface area contributed by atoms with Gasteiger partial charge in [0.25, 0.3) is 0 Å². The first kappa shape index (κ1) is 20.1. The van der Waals surface area contributed by atoms with Crippen LogP contribution in [0.2, 0.25) is 5.02 Å². The van der Waals surface area contributed by atoms with E-state index in [2.05, 4.69) is 4.98 Å². The molecule has 0 spiro atoms. The number of nitrogens with two attached hydrogens (primary N) is 1. The summed E-state index contributed by atoms with van der Waals surface area (Å²) in [6, 6.07) is 10.3. The summed E-state index contributed by atoms with van der Waals surface area (Å²) >= 11 is 7.60. The number of hydrogen-bond donors (Lipinski definition) is 2. The molecule has 27 heavy (non-hydrogen) atoms. The fourth-order valence-electron chi connectivity index (χ4n) is 3.33. The SMILES string of the molecule is CSc1ccccc1-c1[nH]c2c(C(F)(F)F)cc(Cl)cc2c1CCCCN. The van der Waals surface area contributed by atoms with E-state index < -0.39 is 11.7 Å². The van der Waals surface area contributed by atoms with Gasteiger partial charge in [-0.25, -0.2) is 0 Å². The molecule has 3 N–H and O–H groups in total. The summed E-state index contributed by atoms with van der Waals surface area (Å²) < 4.78 is 40.8. The smallest absolute Gasteiger partial charge is 0.354 e. The number of hydrogen-bond acceptors (Lipinski definition) is 2. The molecule has 7 heteroatoms. The van der Waals surface area contributed by atoms with Gasteiger partial charge in [-0.15, -0.1) is 11.8 Å². The molecule has 0 aliphatic carbocycles. The van der Waals surface area contributed by atoms with Crippen LogP contribution in [0.25, 0.3) is 22.2 Å². The number of benzene rings is 2. The molecule has 0 saturated carbocycles. The zero-order chi connectivity index (χ0) is 19.6. The molecular formula is C20H20ClF3N2S. The minimum Gasteiger partial charge on any atom is -0.354 e. The summed E-state index contributed by atoms with van der Waals surface area (Å²) in [6.07, 6.45) is -0.298. The summed E-state index contributed by atoms with van der Waals surface area (Å²) in [5, 5.41) is 0.608. The average molecular weight is 413 g/mol. The second-order valence-corrected chi connectivity index (χ2v) is 7.58. The topological polar surface area (TPSA) is 41.8 Å². The Balaban J connectivity index is 2.30. The Morgan fingerprint density at radius 2 is 1.89 bits per heavy atom. The first-order chi connectivity index (χ1) is 12.9.